The predicted molar refractivity (Wildman–Crippen MR) is 323 cm³/mol. The molecule has 4 amide bonds. The van der Waals surface area contributed by atoms with Gasteiger partial charge in [-0.05, 0) is 139 Å². The average Bonchev–Trinajstić information content (AvgIpc) is 3.44. The predicted octanol–water partition coefficient (Wildman–Crippen LogP) is 9.98. The van der Waals surface area contributed by atoms with Crippen LogP contribution in [0.5, 0.6) is 0 Å². The van der Waals surface area contributed by atoms with Crippen molar-refractivity contribution in [2.24, 2.45) is 0 Å². The highest BCUT2D eigenvalue weighted by Gasteiger charge is 2.51. The molecular weight excluding hydrogens is 1060 g/mol. The molecule has 0 atom stereocenters. The molecule has 434 valence electrons. The number of alkyl carbamates (subject to hydrolysis) is 1. The molecule has 0 saturated carbocycles. The third kappa shape index (κ3) is 15.7. The molecule has 6 aromatic heterocycles. The molecule has 0 bridgehead atoms. The van der Waals surface area contributed by atoms with Gasteiger partial charge in [0.25, 0.3) is 17.7 Å². The number of carbonyl (C=O) groups excluding carboxylic acids is 5. The van der Waals surface area contributed by atoms with Crippen LogP contribution in [-0.4, -0.2) is 110 Å². The Bertz CT molecular complexity index is 3690. The number of Topliss-reactive ketones (excluding diaryl/α,β-unsaturated/α-hetero) is 1. The van der Waals surface area contributed by atoms with Crippen molar-refractivity contribution >= 4 is 64.8 Å². The molecule has 2 N–H and O–H groups in total. The van der Waals surface area contributed by atoms with E-state index in [0.717, 1.165) is 51.6 Å². The summed E-state index contributed by atoms with van der Waals surface area (Å²) in [4.78, 5) is 73.1. The van der Waals surface area contributed by atoms with E-state index in [9.17, 15) is 24.0 Å². The zero-order valence-corrected chi connectivity index (χ0v) is 48.6. The first-order valence-electron chi connectivity index (χ1n) is 27.0. The van der Waals surface area contributed by atoms with Gasteiger partial charge in [0.05, 0.1) is 45.8 Å². The minimum absolute atomic E-state index is 0. The molecule has 0 unspecified atom stereocenters. The van der Waals surface area contributed by atoms with Crippen molar-refractivity contribution in [3.05, 3.63) is 173 Å². The Morgan fingerprint density at radius 3 is 1.67 bits per heavy atom. The largest absolute Gasteiger partial charge is 0.494 e. The average molecular weight is 1140 g/mol. The summed E-state index contributed by atoms with van der Waals surface area (Å²) in [6.45, 7) is 18.0. The molecule has 1 fully saturated rings. The van der Waals surface area contributed by atoms with E-state index < -0.39 is 11.7 Å². The van der Waals surface area contributed by atoms with Crippen LogP contribution in [-0.2, 0) is 14.0 Å². The number of nitrogens with one attached hydrogen (secondary N) is 2. The second kappa shape index (κ2) is 27.5. The highest BCUT2D eigenvalue weighted by molar-refractivity contribution is 6.62. The number of ether oxygens (including phenoxy) is 1. The Balaban J connectivity index is 0.000000218. The Morgan fingerprint density at radius 2 is 1.17 bits per heavy atom. The van der Waals surface area contributed by atoms with Gasteiger partial charge in [-0.2, -0.15) is 20.7 Å². The number of nitriles is 2. The van der Waals surface area contributed by atoms with Crippen LogP contribution in [0.4, 0.5) is 16.4 Å². The normalized spacial score (nSPS) is 12.9. The SMILES string of the molecule is C.CCCCC(=O)c1ccc(B2OC(C)(C)C(C)(C)O2)cc1.CN(C(=O)c1ccn2ncc(-c3ccc(C(=O)NCCNC(=O)OC(C)(C)C)cc3)c2c1)c1ccc(C#N)cn1.Cc1cnn2ccc(C(=O)N(C)c3ccc(C#N)cn3)cc12. The lowest BCUT2D eigenvalue weighted by atomic mass is 9.78. The highest BCUT2D eigenvalue weighted by Crippen LogP contribution is 2.36. The fourth-order valence-corrected chi connectivity index (χ4v) is 8.31. The molecule has 1 aliphatic heterocycles. The topological polar surface area (TPSA) is 252 Å². The maximum absolute atomic E-state index is 13.2. The smallest absolute Gasteiger partial charge is 0.444 e. The lowest BCUT2D eigenvalue weighted by molar-refractivity contribution is 0.00578. The van der Waals surface area contributed by atoms with Gasteiger partial charge < -0.3 is 24.7 Å². The number of amides is 4. The number of hydrogen-bond acceptors (Lipinski definition) is 14. The van der Waals surface area contributed by atoms with Crippen molar-refractivity contribution in [1.29, 1.82) is 10.5 Å². The van der Waals surface area contributed by atoms with Gasteiger partial charge in [-0.3, -0.25) is 29.0 Å². The Kier molecular flexibility index (Phi) is 20.8. The van der Waals surface area contributed by atoms with E-state index in [-0.39, 0.29) is 62.3 Å². The minimum atomic E-state index is -0.590. The van der Waals surface area contributed by atoms with Gasteiger partial charge >= 0.3 is 13.2 Å². The van der Waals surface area contributed by atoms with Gasteiger partial charge in [-0.1, -0.05) is 57.2 Å². The number of hydrogen-bond donors (Lipinski definition) is 2. The molecule has 9 rings (SSSR count). The molecule has 20 nitrogen and oxygen atoms in total. The molecule has 0 radical (unpaired) electrons. The molecule has 0 spiro atoms. The van der Waals surface area contributed by atoms with E-state index in [2.05, 4.69) is 37.7 Å². The number of carbonyl (C=O) groups is 5. The van der Waals surface area contributed by atoms with E-state index >= 15 is 0 Å². The number of pyridine rings is 4. The molecule has 84 heavy (non-hydrogen) atoms. The number of ketones is 1. The zero-order chi connectivity index (χ0) is 60.2. The van der Waals surface area contributed by atoms with Gasteiger partial charge in [0.2, 0.25) is 0 Å². The van der Waals surface area contributed by atoms with Crippen LogP contribution in [0.2, 0.25) is 0 Å². The third-order valence-corrected chi connectivity index (χ3v) is 13.8. The van der Waals surface area contributed by atoms with Gasteiger partial charge in [0.15, 0.2) is 5.78 Å². The number of aryl methyl sites for hydroxylation is 1. The molecule has 21 heteroatoms. The van der Waals surface area contributed by atoms with E-state index in [0.29, 0.717) is 45.9 Å². The first kappa shape index (κ1) is 63.6. The monoisotopic (exact) mass is 1130 g/mol. The molecule has 8 aromatic rings. The van der Waals surface area contributed by atoms with Gasteiger partial charge in [-0.25, -0.2) is 23.8 Å². The highest BCUT2D eigenvalue weighted by atomic mass is 16.7. The number of anilines is 2. The summed E-state index contributed by atoms with van der Waals surface area (Å²) in [5.74, 6) is 0.420. The number of benzene rings is 2. The lowest BCUT2D eigenvalue weighted by Crippen LogP contribution is -2.41. The van der Waals surface area contributed by atoms with Crippen LogP contribution in [0.1, 0.15) is 140 Å². The van der Waals surface area contributed by atoms with Crippen LogP contribution in [0.15, 0.2) is 134 Å². The number of rotatable bonds is 14. The van der Waals surface area contributed by atoms with Gasteiger partial charge in [-0.15, -0.1) is 0 Å². The third-order valence-electron chi connectivity index (χ3n) is 13.8. The molecule has 7 heterocycles. The maximum Gasteiger partial charge on any atom is 0.494 e. The second-order valence-corrected chi connectivity index (χ2v) is 21.6. The number of fused-ring (bicyclic) bond motifs is 2. The van der Waals surface area contributed by atoms with Crippen LogP contribution < -0.4 is 25.9 Å². The van der Waals surface area contributed by atoms with Crippen LogP contribution in [0.3, 0.4) is 0 Å². The number of aromatic nitrogens is 6. The van der Waals surface area contributed by atoms with Crippen molar-refractivity contribution in [2.45, 2.75) is 106 Å². The number of nitrogens with zero attached hydrogens (tertiary/aromatic N) is 10. The van der Waals surface area contributed by atoms with Crippen LogP contribution >= 0.6 is 0 Å². The van der Waals surface area contributed by atoms with Crippen molar-refractivity contribution in [3.63, 3.8) is 0 Å². The minimum Gasteiger partial charge on any atom is -0.444 e. The molecule has 1 aliphatic rings. The van der Waals surface area contributed by atoms with Crippen molar-refractivity contribution in [1.82, 2.24) is 39.8 Å². The summed E-state index contributed by atoms with van der Waals surface area (Å²) in [7, 11) is 2.91. The summed E-state index contributed by atoms with van der Waals surface area (Å²) in [5.41, 5.74) is 7.03. The summed E-state index contributed by atoms with van der Waals surface area (Å²) < 4.78 is 20.6. The second-order valence-electron chi connectivity index (χ2n) is 21.6. The fourth-order valence-electron chi connectivity index (χ4n) is 8.31. The zero-order valence-electron chi connectivity index (χ0n) is 48.6. The Labute approximate surface area is 490 Å². The van der Waals surface area contributed by atoms with E-state index in [1.54, 1.807) is 123 Å². The summed E-state index contributed by atoms with van der Waals surface area (Å²) in [6, 6.07) is 32.1. The Morgan fingerprint density at radius 1 is 0.667 bits per heavy atom. The van der Waals surface area contributed by atoms with Crippen molar-refractivity contribution in [2.75, 3.05) is 37.0 Å². The fraction of sp³-hybridized carbons (Fsp3) is 0.317. The molecule has 2 aromatic carbocycles. The van der Waals surface area contributed by atoms with E-state index in [1.165, 1.54) is 22.2 Å². The Hall–Kier alpha value is -9.57. The molecular formula is C63H71BN12O8. The molecule has 1 saturated heterocycles. The van der Waals surface area contributed by atoms with Crippen molar-refractivity contribution in [3.8, 4) is 23.3 Å². The number of unbranched alkanes of at least 4 members (excludes halogenated alkanes) is 1. The summed E-state index contributed by atoms with van der Waals surface area (Å²) >= 11 is 0. The standard InChI is InChI=1S/C29H29N7O4.C17H25BO3.C16H13N5O.CH4/c1-29(2,3)40-28(39)32-13-12-31-26(37)21-8-6-20(7-9-21)23-18-34-36-14-11-22(15-24(23)36)27(38)35(4)25-10-5-19(16-30)17-33-25;1-6-7-8-15(19)13-9-11-14(12-10-13)18-20-16(2,3)17(4,5)21-18;1-11-9-19-21-6-5-13(7-14(11)21)16(22)20(2)15-4-3-12(8-17)10-18-15;/h5-11,14-15,17-18H,12-13H2,1-4H3,(H,31,37)(H,32,39);9-12H,6-8H2,1-5H3;3-7,9-10H,1-2H3;1H4. The quantitative estimate of drug-likeness (QED) is 0.0584. The van der Waals surface area contributed by atoms with Crippen molar-refractivity contribution < 1.29 is 38.0 Å². The maximum atomic E-state index is 13.2. The summed E-state index contributed by atoms with van der Waals surface area (Å²) in [5, 5.41) is 31.7. The van der Waals surface area contributed by atoms with Gasteiger partial charge in [0, 0.05) is 86.2 Å². The van der Waals surface area contributed by atoms with Crippen LogP contribution in [0, 0.1) is 29.6 Å². The molecule has 0 aliphatic carbocycles. The van der Waals surface area contributed by atoms with E-state index in [4.69, 9.17) is 24.6 Å². The van der Waals surface area contributed by atoms with Crippen LogP contribution in [0.25, 0.3) is 22.2 Å². The van der Waals surface area contributed by atoms with Gasteiger partial charge in [0.1, 0.15) is 29.4 Å². The van der Waals surface area contributed by atoms with E-state index in [1.807, 2.05) is 89.2 Å². The lowest BCUT2D eigenvalue weighted by Gasteiger charge is -2.32. The first-order valence-corrected chi connectivity index (χ1v) is 27.0. The summed E-state index contributed by atoms with van der Waals surface area (Å²) in [6.07, 6.45) is 11.9. The first-order chi connectivity index (χ1) is 39.4.